The maximum atomic E-state index is 12.3. The van der Waals surface area contributed by atoms with Crippen LogP contribution in [0.2, 0.25) is 0 Å². The summed E-state index contributed by atoms with van der Waals surface area (Å²) in [5.74, 6) is 0.988. The van der Waals surface area contributed by atoms with E-state index in [-0.39, 0.29) is 5.75 Å². The molecule has 0 bridgehead atoms. The zero-order valence-corrected chi connectivity index (χ0v) is 11.7. The fourth-order valence-electron chi connectivity index (χ4n) is 2.04. The lowest BCUT2D eigenvalue weighted by molar-refractivity contribution is -0.0505. The zero-order valence-electron chi connectivity index (χ0n) is 11.7. The molecule has 0 saturated heterocycles. The number of ether oxygens (including phenoxy) is 2. The Labute approximate surface area is 122 Å². The molecule has 0 spiro atoms. The Morgan fingerprint density at radius 2 is 1.43 bits per heavy atom. The molecule has 0 aromatic heterocycles. The van der Waals surface area contributed by atoms with Crippen molar-refractivity contribution in [2.45, 2.75) is 19.7 Å². The molecule has 3 nitrogen and oxygen atoms in total. The molecule has 0 fully saturated rings. The molecule has 0 amide bonds. The van der Waals surface area contributed by atoms with Gasteiger partial charge in [-0.05, 0) is 12.1 Å². The van der Waals surface area contributed by atoms with E-state index in [0.29, 0.717) is 18.7 Å². The van der Waals surface area contributed by atoms with Crippen LogP contribution in [0.1, 0.15) is 11.1 Å². The molecule has 0 aliphatic heterocycles. The van der Waals surface area contributed by atoms with Crippen LogP contribution < -0.4 is 14.8 Å². The van der Waals surface area contributed by atoms with Crippen molar-refractivity contribution in [3.05, 3.63) is 59.7 Å². The molecule has 21 heavy (non-hydrogen) atoms. The summed E-state index contributed by atoms with van der Waals surface area (Å²) in [6.07, 6.45) is 0. The van der Waals surface area contributed by atoms with Gasteiger partial charge in [0.1, 0.15) is 11.5 Å². The lowest BCUT2D eigenvalue weighted by atomic mass is 10.1. The van der Waals surface area contributed by atoms with E-state index in [1.807, 2.05) is 24.3 Å². The Hall–Kier alpha value is -2.14. The van der Waals surface area contributed by atoms with Crippen LogP contribution in [0.5, 0.6) is 11.5 Å². The molecule has 0 aliphatic rings. The monoisotopic (exact) mass is 293 g/mol. The Morgan fingerprint density at radius 3 is 2.00 bits per heavy atom. The third-order valence-electron chi connectivity index (χ3n) is 3.01. The number of alkyl halides is 2. The molecule has 0 heterocycles. The molecule has 2 aromatic carbocycles. The predicted molar refractivity (Wildman–Crippen MR) is 76.6 cm³/mol. The first kappa shape index (κ1) is 15.3. The van der Waals surface area contributed by atoms with Crippen LogP contribution in [0.15, 0.2) is 48.5 Å². The topological polar surface area (TPSA) is 30.5 Å². The smallest absolute Gasteiger partial charge is 0.387 e. The summed E-state index contributed by atoms with van der Waals surface area (Å²) in [7, 11) is 1.62. The summed E-state index contributed by atoms with van der Waals surface area (Å²) < 4.78 is 34.4. The van der Waals surface area contributed by atoms with Gasteiger partial charge < -0.3 is 14.8 Å². The number of para-hydroxylation sites is 2. The van der Waals surface area contributed by atoms with Crippen LogP contribution in [-0.4, -0.2) is 13.7 Å². The van der Waals surface area contributed by atoms with Crippen LogP contribution in [-0.2, 0) is 13.1 Å². The summed E-state index contributed by atoms with van der Waals surface area (Å²) in [6, 6.07) is 14.4. The molecule has 112 valence electrons. The molecular weight excluding hydrogens is 276 g/mol. The molecule has 2 rings (SSSR count). The number of nitrogens with one attached hydrogen (secondary N) is 1. The Morgan fingerprint density at radius 1 is 0.905 bits per heavy atom. The Kier molecular flexibility index (Phi) is 5.51. The summed E-state index contributed by atoms with van der Waals surface area (Å²) >= 11 is 0. The quantitative estimate of drug-likeness (QED) is 0.846. The van der Waals surface area contributed by atoms with Crippen LogP contribution in [0.3, 0.4) is 0 Å². The zero-order chi connectivity index (χ0) is 15.1. The van der Waals surface area contributed by atoms with Crippen molar-refractivity contribution in [2.24, 2.45) is 0 Å². The number of methoxy groups -OCH3 is 1. The minimum atomic E-state index is -2.82. The molecule has 2 aromatic rings. The SMILES string of the molecule is COc1ccccc1CNCc1ccccc1OC(F)F. The first-order valence-corrected chi connectivity index (χ1v) is 6.56. The highest BCUT2D eigenvalue weighted by Gasteiger charge is 2.09. The van der Waals surface area contributed by atoms with Gasteiger partial charge in [0, 0.05) is 24.2 Å². The first-order chi connectivity index (χ1) is 10.2. The van der Waals surface area contributed by atoms with Crippen molar-refractivity contribution in [3.8, 4) is 11.5 Å². The fraction of sp³-hybridized carbons (Fsp3) is 0.250. The van der Waals surface area contributed by atoms with Crippen LogP contribution in [0.25, 0.3) is 0 Å². The molecular formula is C16H17F2NO2. The normalized spacial score (nSPS) is 10.7. The van der Waals surface area contributed by atoms with Crippen molar-refractivity contribution in [2.75, 3.05) is 7.11 Å². The van der Waals surface area contributed by atoms with E-state index in [0.717, 1.165) is 11.3 Å². The highest BCUT2D eigenvalue weighted by molar-refractivity contribution is 5.35. The number of halogens is 2. The lowest BCUT2D eigenvalue weighted by Crippen LogP contribution is -2.15. The third-order valence-corrected chi connectivity index (χ3v) is 3.01. The third kappa shape index (κ3) is 4.43. The van der Waals surface area contributed by atoms with Gasteiger partial charge in [-0.25, -0.2) is 0 Å². The van der Waals surface area contributed by atoms with Gasteiger partial charge in [-0.3, -0.25) is 0 Å². The van der Waals surface area contributed by atoms with Crippen LogP contribution >= 0.6 is 0 Å². The molecule has 0 radical (unpaired) electrons. The molecule has 1 N–H and O–H groups in total. The van der Waals surface area contributed by atoms with Crippen molar-refractivity contribution in [1.29, 1.82) is 0 Å². The van der Waals surface area contributed by atoms with Gasteiger partial charge >= 0.3 is 6.61 Å². The van der Waals surface area contributed by atoms with Gasteiger partial charge in [0.25, 0.3) is 0 Å². The van der Waals surface area contributed by atoms with Crippen LogP contribution in [0, 0.1) is 0 Å². The summed E-state index contributed by atoms with van der Waals surface area (Å²) in [5.41, 5.74) is 1.69. The second kappa shape index (κ2) is 7.59. The van der Waals surface area contributed by atoms with E-state index < -0.39 is 6.61 Å². The standard InChI is InChI=1S/C16H17F2NO2/c1-20-14-8-4-2-6-12(14)10-19-11-13-7-3-5-9-15(13)21-16(17)18/h2-9,16,19H,10-11H2,1H3. The molecule has 0 unspecified atom stereocenters. The number of hydrogen-bond acceptors (Lipinski definition) is 3. The van der Waals surface area contributed by atoms with E-state index in [9.17, 15) is 8.78 Å². The van der Waals surface area contributed by atoms with Crippen LogP contribution in [0.4, 0.5) is 8.78 Å². The molecule has 0 saturated carbocycles. The highest BCUT2D eigenvalue weighted by atomic mass is 19.3. The van der Waals surface area contributed by atoms with E-state index in [1.165, 1.54) is 6.07 Å². The van der Waals surface area contributed by atoms with E-state index in [2.05, 4.69) is 10.1 Å². The van der Waals surface area contributed by atoms with Gasteiger partial charge in [0.2, 0.25) is 0 Å². The van der Waals surface area contributed by atoms with Crippen molar-refractivity contribution >= 4 is 0 Å². The Bertz CT molecular complexity index is 576. The fourth-order valence-corrected chi connectivity index (χ4v) is 2.04. The minimum Gasteiger partial charge on any atom is -0.496 e. The predicted octanol–water partition coefficient (Wildman–Crippen LogP) is 3.59. The van der Waals surface area contributed by atoms with E-state index >= 15 is 0 Å². The Balaban J connectivity index is 1.97. The van der Waals surface area contributed by atoms with Gasteiger partial charge in [-0.15, -0.1) is 0 Å². The number of hydrogen-bond donors (Lipinski definition) is 1. The molecule has 0 aliphatic carbocycles. The van der Waals surface area contributed by atoms with Crippen molar-refractivity contribution in [1.82, 2.24) is 5.32 Å². The second-order valence-corrected chi connectivity index (χ2v) is 4.40. The van der Waals surface area contributed by atoms with E-state index in [4.69, 9.17) is 4.74 Å². The number of rotatable bonds is 7. The van der Waals surface area contributed by atoms with Gasteiger partial charge in [-0.2, -0.15) is 8.78 Å². The maximum absolute atomic E-state index is 12.3. The van der Waals surface area contributed by atoms with Gasteiger partial charge in [-0.1, -0.05) is 36.4 Å². The average Bonchev–Trinajstić information content (AvgIpc) is 2.49. The minimum absolute atomic E-state index is 0.194. The summed E-state index contributed by atoms with van der Waals surface area (Å²) in [4.78, 5) is 0. The van der Waals surface area contributed by atoms with Gasteiger partial charge in [0.15, 0.2) is 0 Å². The highest BCUT2D eigenvalue weighted by Crippen LogP contribution is 2.21. The van der Waals surface area contributed by atoms with Crippen molar-refractivity contribution < 1.29 is 18.3 Å². The van der Waals surface area contributed by atoms with Crippen molar-refractivity contribution in [3.63, 3.8) is 0 Å². The van der Waals surface area contributed by atoms with E-state index in [1.54, 1.807) is 25.3 Å². The molecule has 0 atom stereocenters. The first-order valence-electron chi connectivity index (χ1n) is 6.56. The number of benzene rings is 2. The summed E-state index contributed by atoms with van der Waals surface area (Å²) in [5, 5.41) is 3.20. The van der Waals surface area contributed by atoms with Gasteiger partial charge in [0.05, 0.1) is 7.11 Å². The lowest BCUT2D eigenvalue weighted by Gasteiger charge is -2.12. The second-order valence-electron chi connectivity index (χ2n) is 4.40. The molecule has 5 heteroatoms. The average molecular weight is 293 g/mol. The maximum Gasteiger partial charge on any atom is 0.387 e. The largest absolute Gasteiger partial charge is 0.496 e. The summed E-state index contributed by atoms with van der Waals surface area (Å²) in [6.45, 7) is -1.81.